The summed E-state index contributed by atoms with van der Waals surface area (Å²) < 4.78 is 5.54. The predicted molar refractivity (Wildman–Crippen MR) is 49.6 cm³/mol. The Morgan fingerprint density at radius 3 is 2.93 bits per heavy atom. The largest absolute Gasteiger partial charge is 0.490 e. The first-order valence-electron chi connectivity index (χ1n) is 4.54. The van der Waals surface area contributed by atoms with Gasteiger partial charge in [0.15, 0.2) is 5.69 Å². The molecule has 0 bridgehead atoms. The Bertz CT molecular complexity index is 372. The fraction of sp³-hybridized carbons (Fsp3) is 0.400. The molecule has 0 aliphatic heterocycles. The topological polar surface area (TPSA) is 59.4 Å². The smallest absolute Gasteiger partial charge is 0.354 e. The van der Waals surface area contributed by atoms with Gasteiger partial charge in [-0.2, -0.15) is 0 Å². The van der Waals surface area contributed by atoms with Crippen LogP contribution >= 0.6 is 0 Å². The summed E-state index contributed by atoms with van der Waals surface area (Å²) in [6.45, 7) is 1.72. The molecule has 0 aromatic carbocycles. The van der Waals surface area contributed by atoms with Crippen molar-refractivity contribution in [3.8, 4) is 5.75 Å². The third kappa shape index (κ3) is 1.69. The van der Waals surface area contributed by atoms with Gasteiger partial charge in [-0.25, -0.2) is 9.78 Å². The van der Waals surface area contributed by atoms with Gasteiger partial charge in [-0.05, 0) is 25.8 Å². The molecule has 2 rings (SSSR count). The monoisotopic (exact) mass is 193 g/mol. The molecule has 4 heteroatoms. The normalized spacial score (nSPS) is 15.2. The number of nitrogens with zero attached hydrogens (tertiary/aromatic N) is 1. The van der Waals surface area contributed by atoms with Crippen molar-refractivity contribution in [1.29, 1.82) is 0 Å². The third-order valence-corrected chi connectivity index (χ3v) is 2.17. The summed E-state index contributed by atoms with van der Waals surface area (Å²) in [5.74, 6) is -0.372. The molecule has 0 saturated heterocycles. The lowest BCUT2D eigenvalue weighted by Gasteiger charge is -2.08. The molecule has 4 nitrogen and oxygen atoms in total. The summed E-state index contributed by atoms with van der Waals surface area (Å²) in [7, 11) is 0. The lowest BCUT2D eigenvalue weighted by molar-refractivity contribution is 0.0689. The molecule has 14 heavy (non-hydrogen) atoms. The summed E-state index contributed by atoms with van der Waals surface area (Å²) in [6, 6.07) is 1.71. The first kappa shape index (κ1) is 8.99. The van der Waals surface area contributed by atoms with Gasteiger partial charge < -0.3 is 9.84 Å². The Morgan fingerprint density at radius 1 is 1.64 bits per heavy atom. The fourth-order valence-corrected chi connectivity index (χ4v) is 1.23. The second kappa shape index (κ2) is 3.29. The molecule has 1 saturated carbocycles. The second-order valence-corrected chi connectivity index (χ2v) is 3.41. The van der Waals surface area contributed by atoms with Gasteiger partial charge in [-0.15, -0.1) is 0 Å². The number of aromatic carboxylic acids is 1. The van der Waals surface area contributed by atoms with Gasteiger partial charge in [0, 0.05) is 11.8 Å². The third-order valence-electron chi connectivity index (χ3n) is 2.17. The highest BCUT2D eigenvalue weighted by atomic mass is 16.5. The van der Waals surface area contributed by atoms with Crippen molar-refractivity contribution in [2.75, 3.05) is 0 Å². The number of pyridine rings is 1. The summed E-state index contributed by atoms with van der Waals surface area (Å²) in [5.41, 5.74) is 0.676. The number of hydrogen-bond acceptors (Lipinski definition) is 3. The Labute approximate surface area is 81.5 Å². The maximum absolute atomic E-state index is 10.8. The molecule has 1 aromatic rings. The molecular weight excluding hydrogens is 182 g/mol. The molecule has 1 aliphatic rings. The molecule has 0 radical (unpaired) electrons. The maximum Gasteiger partial charge on any atom is 0.354 e. The zero-order valence-corrected chi connectivity index (χ0v) is 7.86. The van der Waals surface area contributed by atoms with Crippen LogP contribution in [0.1, 0.15) is 28.9 Å². The van der Waals surface area contributed by atoms with Crippen LogP contribution < -0.4 is 4.74 Å². The van der Waals surface area contributed by atoms with E-state index < -0.39 is 5.97 Å². The van der Waals surface area contributed by atoms with Gasteiger partial charge in [0.1, 0.15) is 5.75 Å². The van der Waals surface area contributed by atoms with Gasteiger partial charge >= 0.3 is 5.97 Å². The SMILES string of the molecule is Cc1c(OC2CC2)ccnc1C(=O)O. The fourth-order valence-electron chi connectivity index (χ4n) is 1.23. The van der Waals surface area contributed by atoms with Gasteiger partial charge in [-0.3, -0.25) is 0 Å². The van der Waals surface area contributed by atoms with Crippen molar-refractivity contribution in [3.05, 3.63) is 23.5 Å². The number of aromatic nitrogens is 1. The van der Waals surface area contributed by atoms with E-state index in [2.05, 4.69) is 4.98 Å². The number of carboxylic acids is 1. The molecular formula is C10H11NO3. The number of carboxylic acid groups (broad SMARTS) is 1. The molecule has 1 N–H and O–H groups in total. The van der Waals surface area contributed by atoms with Crippen LogP contribution in [0.2, 0.25) is 0 Å². The highest BCUT2D eigenvalue weighted by molar-refractivity contribution is 5.87. The first-order valence-corrected chi connectivity index (χ1v) is 4.54. The first-order chi connectivity index (χ1) is 6.68. The van der Waals surface area contributed by atoms with E-state index in [0.717, 1.165) is 12.8 Å². The maximum atomic E-state index is 10.8. The van der Waals surface area contributed by atoms with Crippen molar-refractivity contribution in [1.82, 2.24) is 4.98 Å². The molecule has 0 spiro atoms. The molecule has 0 atom stereocenters. The van der Waals surface area contributed by atoms with Crippen molar-refractivity contribution in [2.45, 2.75) is 25.9 Å². The van der Waals surface area contributed by atoms with Crippen molar-refractivity contribution >= 4 is 5.97 Å². The van der Waals surface area contributed by atoms with Gasteiger partial charge in [-0.1, -0.05) is 0 Å². The molecule has 0 unspecified atom stereocenters. The lowest BCUT2D eigenvalue weighted by Crippen LogP contribution is -2.06. The highest BCUT2D eigenvalue weighted by Gasteiger charge is 2.25. The molecule has 1 fully saturated rings. The summed E-state index contributed by atoms with van der Waals surface area (Å²) in [4.78, 5) is 14.5. The van der Waals surface area contributed by atoms with Gasteiger partial charge in [0.2, 0.25) is 0 Å². The van der Waals surface area contributed by atoms with Crippen molar-refractivity contribution in [2.24, 2.45) is 0 Å². The van der Waals surface area contributed by atoms with E-state index in [1.165, 1.54) is 6.20 Å². The minimum Gasteiger partial charge on any atom is -0.490 e. The number of ether oxygens (including phenoxy) is 1. The zero-order chi connectivity index (χ0) is 10.1. The number of carbonyl (C=O) groups is 1. The Morgan fingerprint density at radius 2 is 2.36 bits per heavy atom. The van der Waals surface area contributed by atoms with E-state index >= 15 is 0 Å². The Hall–Kier alpha value is -1.58. The number of hydrogen-bond donors (Lipinski definition) is 1. The molecule has 1 aliphatic carbocycles. The second-order valence-electron chi connectivity index (χ2n) is 3.41. The minimum atomic E-state index is -1.01. The standard InChI is InChI=1S/C10H11NO3/c1-6-8(14-7-2-3-7)4-5-11-9(6)10(12)13/h4-5,7H,2-3H2,1H3,(H,12,13). The van der Waals surface area contributed by atoms with Crippen molar-refractivity contribution < 1.29 is 14.6 Å². The van der Waals surface area contributed by atoms with Crippen LogP contribution in [0.4, 0.5) is 0 Å². The van der Waals surface area contributed by atoms with Gasteiger partial charge in [0.05, 0.1) is 6.10 Å². The number of rotatable bonds is 3. The van der Waals surface area contributed by atoms with Crippen LogP contribution in [-0.2, 0) is 0 Å². The predicted octanol–water partition coefficient (Wildman–Crippen LogP) is 1.63. The van der Waals surface area contributed by atoms with E-state index in [-0.39, 0.29) is 11.8 Å². The Kier molecular flexibility index (Phi) is 2.11. The molecule has 1 heterocycles. The highest BCUT2D eigenvalue weighted by Crippen LogP contribution is 2.29. The van der Waals surface area contributed by atoms with E-state index in [0.29, 0.717) is 11.3 Å². The summed E-state index contributed by atoms with van der Waals surface area (Å²) in [6.07, 6.45) is 3.86. The quantitative estimate of drug-likeness (QED) is 0.792. The minimum absolute atomic E-state index is 0.0724. The van der Waals surface area contributed by atoms with Crippen LogP contribution in [0.25, 0.3) is 0 Å². The lowest BCUT2D eigenvalue weighted by atomic mass is 10.2. The summed E-state index contributed by atoms with van der Waals surface area (Å²) >= 11 is 0. The van der Waals surface area contributed by atoms with Crippen LogP contribution in [0, 0.1) is 6.92 Å². The van der Waals surface area contributed by atoms with E-state index in [9.17, 15) is 4.79 Å². The van der Waals surface area contributed by atoms with E-state index in [1.807, 2.05) is 0 Å². The van der Waals surface area contributed by atoms with Crippen LogP contribution in [0.15, 0.2) is 12.3 Å². The van der Waals surface area contributed by atoms with E-state index in [4.69, 9.17) is 9.84 Å². The van der Waals surface area contributed by atoms with E-state index in [1.54, 1.807) is 13.0 Å². The van der Waals surface area contributed by atoms with Crippen LogP contribution in [0.3, 0.4) is 0 Å². The van der Waals surface area contributed by atoms with Crippen LogP contribution in [0.5, 0.6) is 5.75 Å². The average Bonchev–Trinajstić information content (AvgIpc) is 2.92. The molecule has 1 aromatic heterocycles. The molecule has 0 amide bonds. The Balaban J connectivity index is 2.30. The molecule has 74 valence electrons. The van der Waals surface area contributed by atoms with Crippen molar-refractivity contribution in [3.63, 3.8) is 0 Å². The zero-order valence-electron chi connectivity index (χ0n) is 7.86. The van der Waals surface area contributed by atoms with Crippen LogP contribution in [-0.4, -0.2) is 22.2 Å². The van der Waals surface area contributed by atoms with Gasteiger partial charge in [0.25, 0.3) is 0 Å². The average molecular weight is 193 g/mol. The summed E-state index contributed by atoms with van der Waals surface area (Å²) in [5, 5.41) is 8.82.